The van der Waals surface area contributed by atoms with Crippen molar-refractivity contribution in [3.63, 3.8) is 0 Å². The van der Waals surface area contributed by atoms with Crippen LogP contribution in [0, 0.1) is 12.3 Å². The summed E-state index contributed by atoms with van der Waals surface area (Å²) in [5.41, 5.74) is 3.41. The molecule has 1 aromatic heterocycles. The Hall–Kier alpha value is -1.81. The largest absolute Gasteiger partial charge is 0.359 e. The minimum Gasteiger partial charge on any atom is -0.359 e. The van der Waals surface area contributed by atoms with Gasteiger partial charge in [0.25, 0.3) is 0 Å². The van der Waals surface area contributed by atoms with E-state index in [1.54, 1.807) is 7.05 Å². The third-order valence-electron chi connectivity index (χ3n) is 4.21. The van der Waals surface area contributed by atoms with Gasteiger partial charge in [-0.2, -0.15) is 0 Å². The van der Waals surface area contributed by atoms with Gasteiger partial charge in [0.15, 0.2) is 0 Å². The van der Waals surface area contributed by atoms with Gasteiger partial charge in [0.05, 0.1) is 5.41 Å². The summed E-state index contributed by atoms with van der Waals surface area (Å²) >= 11 is 0. The highest BCUT2D eigenvalue weighted by Crippen LogP contribution is 2.24. The Morgan fingerprint density at radius 3 is 2.57 bits per heavy atom. The van der Waals surface area contributed by atoms with Crippen LogP contribution in [0.4, 0.5) is 0 Å². The summed E-state index contributed by atoms with van der Waals surface area (Å²) in [6, 6.07) is 8.43. The molecule has 0 atom stereocenters. The maximum Gasteiger partial charge on any atom is 0.226 e. The van der Waals surface area contributed by atoms with Crippen molar-refractivity contribution in [1.82, 2.24) is 15.2 Å². The molecular formula is C17H25N3O. The number of carbonyl (C=O) groups excluding carboxylic acids is 1. The van der Waals surface area contributed by atoms with Crippen molar-refractivity contribution in [3.8, 4) is 0 Å². The minimum absolute atomic E-state index is 0.0590. The first-order valence-electron chi connectivity index (χ1n) is 7.34. The number of carbonyl (C=O) groups is 1. The van der Waals surface area contributed by atoms with Crippen LogP contribution in [0.2, 0.25) is 0 Å². The number of hydrogen-bond donors (Lipinski definition) is 2. The highest BCUT2D eigenvalue weighted by atomic mass is 16.2. The molecule has 0 unspecified atom stereocenters. The molecule has 1 heterocycles. The number of nitrogens with one attached hydrogen (secondary N) is 2. The van der Waals surface area contributed by atoms with Crippen molar-refractivity contribution >= 4 is 16.8 Å². The summed E-state index contributed by atoms with van der Waals surface area (Å²) < 4.78 is 2.23. The van der Waals surface area contributed by atoms with Crippen molar-refractivity contribution in [2.24, 2.45) is 12.5 Å². The van der Waals surface area contributed by atoms with Gasteiger partial charge in [-0.1, -0.05) is 18.2 Å². The molecule has 0 saturated heterocycles. The number of rotatable bonds is 5. The molecular weight excluding hydrogens is 262 g/mol. The van der Waals surface area contributed by atoms with E-state index < -0.39 is 5.41 Å². The van der Waals surface area contributed by atoms with E-state index in [2.05, 4.69) is 53.4 Å². The zero-order valence-electron chi connectivity index (χ0n) is 13.6. The van der Waals surface area contributed by atoms with Gasteiger partial charge < -0.3 is 15.2 Å². The second kappa shape index (κ2) is 5.90. The highest BCUT2D eigenvalue weighted by Gasteiger charge is 2.26. The lowest BCUT2D eigenvalue weighted by molar-refractivity contribution is -0.128. The van der Waals surface area contributed by atoms with Crippen molar-refractivity contribution < 1.29 is 4.79 Å². The molecule has 0 saturated carbocycles. The van der Waals surface area contributed by atoms with Gasteiger partial charge in [-0.15, -0.1) is 0 Å². The maximum atomic E-state index is 11.8. The van der Waals surface area contributed by atoms with Crippen LogP contribution >= 0.6 is 0 Å². The Bertz CT molecular complexity index is 616. The number of para-hydroxylation sites is 1. The van der Waals surface area contributed by atoms with Crippen LogP contribution in [0.5, 0.6) is 0 Å². The van der Waals surface area contributed by atoms with E-state index in [4.69, 9.17) is 0 Å². The van der Waals surface area contributed by atoms with Crippen LogP contribution in [0.3, 0.4) is 0 Å². The Kier molecular flexibility index (Phi) is 4.37. The van der Waals surface area contributed by atoms with Crippen LogP contribution < -0.4 is 10.6 Å². The first-order valence-corrected chi connectivity index (χ1v) is 7.34. The fourth-order valence-electron chi connectivity index (χ4n) is 2.80. The molecule has 4 heteroatoms. The van der Waals surface area contributed by atoms with Crippen molar-refractivity contribution in [1.29, 1.82) is 0 Å². The number of fused-ring (bicyclic) bond motifs is 1. The van der Waals surface area contributed by atoms with E-state index in [0.29, 0.717) is 6.54 Å². The molecule has 2 rings (SSSR count). The smallest absolute Gasteiger partial charge is 0.226 e. The lowest BCUT2D eigenvalue weighted by Crippen LogP contribution is -2.42. The zero-order valence-corrected chi connectivity index (χ0v) is 13.6. The Morgan fingerprint density at radius 1 is 1.29 bits per heavy atom. The van der Waals surface area contributed by atoms with Gasteiger partial charge in [-0.3, -0.25) is 4.79 Å². The lowest BCUT2D eigenvalue weighted by atomic mass is 9.92. The Morgan fingerprint density at radius 2 is 1.95 bits per heavy atom. The van der Waals surface area contributed by atoms with E-state index >= 15 is 0 Å². The number of amides is 1. The van der Waals surface area contributed by atoms with Gasteiger partial charge in [-0.25, -0.2) is 0 Å². The van der Waals surface area contributed by atoms with Crippen LogP contribution in [-0.2, 0) is 18.4 Å². The number of nitrogens with zero attached hydrogens (tertiary/aromatic N) is 1. The van der Waals surface area contributed by atoms with Gasteiger partial charge in [0, 0.05) is 43.8 Å². The lowest BCUT2D eigenvalue weighted by Gasteiger charge is -2.23. The summed E-state index contributed by atoms with van der Waals surface area (Å²) in [5, 5.41) is 7.43. The normalized spacial score (nSPS) is 11.9. The van der Waals surface area contributed by atoms with E-state index in [9.17, 15) is 4.79 Å². The van der Waals surface area contributed by atoms with Gasteiger partial charge >= 0.3 is 0 Å². The third-order valence-corrected chi connectivity index (χ3v) is 4.21. The summed E-state index contributed by atoms with van der Waals surface area (Å²) in [4.78, 5) is 11.8. The predicted octanol–water partition coefficient (Wildman–Crippen LogP) is 2.35. The van der Waals surface area contributed by atoms with Crippen molar-refractivity contribution in [3.05, 3.63) is 35.5 Å². The van der Waals surface area contributed by atoms with Gasteiger partial charge in [0.2, 0.25) is 5.91 Å². The average molecular weight is 287 g/mol. The van der Waals surface area contributed by atoms with E-state index in [-0.39, 0.29) is 5.91 Å². The standard InChI is InChI=1S/C17H25N3O/c1-12-13-8-6-7-9-14(13)20(5)15(12)10-19-11-17(2,3)16(21)18-4/h6-9,19H,10-11H2,1-5H3,(H,18,21). The second-order valence-corrected chi connectivity index (χ2v) is 6.21. The van der Waals surface area contributed by atoms with Gasteiger partial charge in [-0.05, 0) is 32.4 Å². The van der Waals surface area contributed by atoms with Crippen molar-refractivity contribution in [2.45, 2.75) is 27.3 Å². The SMILES string of the molecule is CNC(=O)C(C)(C)CNCc1c(C)c2ccccc2n1C. The van der Waals surface area contributed by atoms with Gasteiger partial charge in [0.1, 0.15) is 0 Å². The summed E-state index contributed by atoms with van der Waals surface area (Å²) in [7, 11) is 3.77. The molecule has 2 aromatic rings. The molecule has 0 bridgehead atoms. The zero-order chi connectivity index (χ0) is 15.6. The van der Waals surface area contributed by atoms with E-state index in [0.717, 1.165) is 6.54 Å². The van der Waals surface area contributed by atoms with E-state index in [1.807, 2.05) is 13.8 Å². The molecule has 0 radical (unpaired) electrons. The molecule has 1 amide bonds. The van der Waals surface area contributed by atoms with Crippen LogP contribution in [0.1, 0.15) is 25.1 Å². The molecule has 0 spiro atoms. The van der Waals surface area contributed by atoms with Crippen LogP contribution in [0.15, 0.2) is 24.3 Å². The fraction of sp³-hybridized carbons (Fsp3) is 0.471. The summed E-state index contributed by atoms with van der Waals surface area (Å²) in [6.45, 7) is 7.47. The molecule has 2 N–H and O–H groups in total. The second-order valence-electron chi connectivity index (χ2n) is 6.21. The minimum atomic E-state index is -0.409. The quantitative estimate of drug-likeness (QED) is 0.886. The molecule has 21 heavy (non-hydrogen) atoms. The van der Waals surface area contributed by atoms with Crippen LogP contribution in [-0.4, -0.2) is 24.1 Å². The third kappa shape index (κ3) is 2.95. The first kappa shape index (κ1) is 15.6. The molecule has 0 aliphatic rings. The summed E-state index contributed by atoms with van der Waals surface area (Å²) in [6.07, 6.45) is 0. The molecule has 0 aliphatic carbocycles. The predicted molar refractivity (Wildman–Crippen MR) is 87.2 cm³/mol. The molecule has 114 valence electrons. The number of aryl methyl sites for hydroxylation is 2. The fourth-order valence-corrected chi connectivity index (χ4v) is 2.80. The first-order chi connectivity index (χ1) is 9.88. The number of hydrogen-bond acceptors (Lipinski definition) is 2. The monoisotopic (exact) mass is 287 g/mol. The molecule has 0 aliphatic heterocycles. The molecule has 4 nitrogen and oxygen atoms in total. The average Bonchev–Trinajstić information content (AvgIpc) is 2.71. The Balaban J connectivity index is 2.13. The maximum absolute atomic E-state index is 11.8. The molecule has 1 aromatic carbocycles. The van der Waals surface area contributed by atoms with E-state index in [1.165, 1.54) is 22.2 Å². The molecule has 0 fully saturated rings. The number of aromatic nitrogens is 1. The summed E-state index contributed by atoms with van der Waals surface area (Å²) in [5.74, 6) is 0.0590. The Labute approximate surface area is 126 Å². The topological polar surface area (TPSA) is 46.1 Å². The number of benzene rings is 1. The van der Waals surface area contributed by atoms with Crippen molar-refractivity contribution in [2.75, 3.05) is 13.6 Å². The van der Waals surface area contributed by atoms with Crippen LogP contribution in [0.25, 0.3) is 10.9 Å². The highest BCUT2D eigenvalue weighted by molar-refractivity contribution is 5.85.